The lowest BCUT2D eigenvalue weighted by molar-refractivity contribution is -0.137. The van der Waals surface area contributed by atoms with Crippen LogP contribution >= 0.6 is 11.3 Å². The summed E-state index contributed by atoms with van der Waals surface area (Å²) in [4.78, 5) is 68.3. The van der Waals surface area contributed by atoms with Gasteiger partial charge in [-0.25, -0.2) is 14.8 Å². The molecule has 6 heterocycles. The maximum atomic E-state index is 15.2. The van der Waals surface area contributed by atoms with Crippen LogP contribution in [0.3, 0.4) is 0 Å². The lowest BCUT2D eigenvalue weighted by Crippen LogP contribution is -2.46. The van der Waals surface area contributed by atoms with Gasteiger partial charge < -0.3 is 19.3 Å². The molecule has 0 spiro atoms. The van der Waals surface area contributed by atoms with Crippen LogP contribution in [0, 0.1) is 5.92 Å². The van der Waals surface area contributed by atoms with Crippen LogP contribution in [0.25, 0.3) is 32.2 Å². The van der Waals surface area contributed by atoms with Gasteiger partial charge in [0.2, 0.25) is 11.8 Å². The first-order valence-electron chi connectivity index (χ1n) is 27.3. The normalized spacial score (nSPS) is 19.4. The second kappa shape index (κ2) is 22.0. The van der Waals surface area contributed by atoms with Crippen LogP contribution in [0.5, 0.6) is 5.75 Å². The number of carbonyl (C=O) groups is 4. The number of aryl methyl sites for hydroxylation is 1. The number of hydrogen-bond acceptors (Lipinski definition) is 13. The fraction of sp³-hybridized carbons (Fsp3) is 0.417. The third-order valence-electron chi connectivity index (χ3n) is 15.8. The number of piperidine rings is 1. The number of hydrogen-bond donors (Lipinski definition) is 2. The molecule has 1 atom stereocenters. The van der Waals surface area contributed by atoms with Crippen molar-refractivity contribution in [2.24, 2.45) is 13.0 Å². The Bertz CT molecular complexity index is 3430. The number of piperazine rings is 1. The number of nitrogens with zero attached hydrogens (tertiary/aromatic N) is 7. The van der Waals surface area contributed by atoms with E-state index in [1.54, 1.807) is 39.0 Å². The summed E-state index contributed by atoms with van der Waals surface area (Å²) in [5, 5.41) is 11.5. The van der Waals surface area contributed by atoms with Crippen molar-refractivity contribution < 1.29 is 41.8 Å². The second-order valence-electron chi connectivity index (χ2n) is 22.3. The minimum absolute atomic E-state index is 0.0151. The molecule has 7 aromatic rings. The molecule has 2 saturated heterocycles. The SMILES string of the molecule is Cn1nc(C2CCC(=O)NC2=O)c2ccc(N3CCN(CCCC4CCC(Oc5ccc(-c6ccc(N7CCc8cccc(C(=O)Nc9nc%10ccccc%10s9)c8C7)nc6C(=O)OC(C)(C)C)c(C(F)(F)F)c5)CC4)CC3)cc21. The number of aromatic nitrogens is 4. The van der Waals surface area contributed by atoms with Crippen LogP contribution in [0.1, 0.15) is 121 Å². The average molecular weight is 1100 g/mol. The van der Waals surface area contributed by atoms with E-state index in [-0.39, 0.29) is 52.9 Å². The van der Waals surface area contributed by atoms with Gasteiger partial charge in [-0.15, -0.1) is 0 Å². The first-order valence-corrected chi connectivity index (χ1v) is 28.2. The average Bonchev–Trinajstić information content (AvgIpc) is 4.18. The zero-order valence-electron chi connectivity index (χ0n) is 44.8. The molecule has 3 fully saturated rings. The van der Waals surface area contributed by atoms with E-state index in [1.165, 1.54) is 23.5 Å². The number of esters is 1. The highest BCUT2D eigenvalue weighted by Crippen LogP contribution is 2.43. The summed E-state index contributed by atoms with van der Waals surface area (Å²) in [6.45, 7) is 10.5. The minimum atomic E-state index is -4.79. The van der Waals surface area contributed by atoms with Crippen LogP contribution < -0.4 is 25.2 Å². The largest absolute Gasteiger partial charge is 0.490 e. The smallest absolute Gasteiger partial charge is 0.417 e. The lowest BCUT2D eigenvalue weighted by Gasteiger charge is -2.36. The number of carbonyl (C=O) groups excluding carboxylic acids is 4. The van der Waals surface area contributed by atoms with Crippen LogP contribution in [0.15, 0.2) is 91.0 Å². The maximum absolute atomic E-state index is 15.2. The fourth-order valence-corrected chi connectivity index (χ4v) is 12.6. The summed E-state index contributed by atoms with van der Waals surface area (Å²) in [6, 6.07) is 26.6. The highest BCUT2D eigenvalue weighted by molar-refractivity contribution is 7.22. The van der Waals surface area contributed by atoms with E-state index in [0.29, 0.717) is 53.9 Å². The molecule has 15 nitrogen and oxygen atoms in total. The quantitative estimate of drug-likeness (QED) is 0.0831. The summed E-state index contributed by atoms with van der Waals surface area (Å²) >= 11 is 1.38. The van der Waals surface area contributed by atoms with E-state index in [1.807, 2.05) is 59.1 Å². The van der Waals surface area contributed by atoms with Crippen molar-refractivity contribution in [3.63, 3.8) is 0 Å². The van der Waals surface area contributed by atoms with Gasteiger partial charge in [-0.3, -0.25) is 34.6 Å². The van der Waals surface area contributed by atoms with Gasteiger partial charge in [0.15, 0.2) is 10.8 Å². The highest BCUT2D eigenvalue weighted by Gasteiger charge is 2.38. The van der Waals surface area contributed by atoms with Crippen molar-refractivity contribution in [1.29, 1.82) is 0 Å². The van der Waals surface area contributed by atoms with Gasteiger partial charge in [-0.1, -0.05) is 41.7 Å². The zero-order valence-corrected chi connectivity index (χ0v) is 45.6. The van der Waals surface area contributed by atoms with Gasteiger partial charge in [0, 0.05) is 74.9 Å². The lowest BCUT2D eigenvalue weighted by atomic mass is 9.84. The molecule has 4 aliphatic rings. The van der Waals surface area contributed by atoms with Crippen molar-refractivity contribution in [2.45, 2.75) is 109 Å². The Hall–Kier alpha value is -7.38. The molecule has 1 saturated carbocycles. The number of rotatable bonds is 13. The number of thiazole rings is 1. The number of imide groups is 1. The predicted octanol–water partition coefficient (Wildman–Crippen LogP) is 11.1. The van der Waals surface area contributed by atoms with Gasteiger partial charge in [-0.05, 0) is 162 Å². The molecule has 4 aromatic carbocycles. The number of alkyl halides is 3. The Morgan fingerprint density at radius 3 is 2.37 bits per heavy atom. The number of anilines is 3. The maximum Gasteiger partial charge on any atom is 0.417 e. The van der Waals surface area contributed by atoms with E-state index >= 15 is 13.2 Å². The molecular weight excluding hydrogens is 1030 g/mol. The van der Waals surface area contributed by atoms with Crippen molar-refractivity contribution in [2.75, 3.05) is 54.4 Å². The van der Waals surface area contributed by atoms with E-state index in [2.05, 4.69) is 37.6 Å². The highest BCUT2D eigenvalue weighted by atomic mass is 32.1. The van der Waals surface area contributed by atoms with Gasteiger partial charge in [0.05, 0.1) is 39.0 Å². The van der Waals surface area contributed by atoms with Gasteiger partial charge >= 0.3 is 12.1 Å². The van der Waals surface area contributed by atoms with Crippen molar-refractivity contribution in [3.8, 4) is 16.9 Å². The standard InChI is InChI=1S/C60H64F3N9O6S/c1-59(2,3)78-57(76)54-42(22-24-51(65-54)72-28-26-37-10-7-11-43(46(37)35-72)55(74)67-58-64-48-12-5-6-13-50(48)79-58)41-21-19-40(34-47(41)60(61,62)63)77-39-17-14-36(15-18-39)9-8-27-70-29-31-71(32-30-70)38-16-20-44-49(33-38)69(4)68-53(44)45-23-25-52(73)66-56(45)75/h5-7,10-13,16,19-22,24,33-34,36,39,45H,8-9,14-15,17-18,23,25-32,35H2,1-4H3,(H,64,67,74)(H,66,73,75). The van der Waals surface area contributed by atoms with E-state index in [0.717, 1.165) is 115 Å². The first-order chi connectivity index (χ1) is 37.9. The molecule has 3 amide bonds. The molecule has 11 rings (SSSR count). The van der Waals surface area contributed by atoms with Gasteiger partial charge in [-0.2, -0.15) is 18.3 Å². The molecule has 3 aliphatic heterocycles. The Morgan fingerprint density at radius 1 is 0.823 bits per heavy atom. The van der Waals surface area contributed by atoms with Crippen molar-refractivity contribution in [3.05, 3.63) is 125 Å². The molecule has 0 radical (unpaired) electrons. The van der Waals surface area contributed by atoms with Crippen LogP contribution in [0.4, 0.5) is 29.8 Å². The topological polar surface area (TPSA) is 164 Å². The first kappa shape index (κ1) is 53.6. The zero-order chi connectivity index (χ0) is 55.2. The Kier molecular flexibility index (Phi) is 15.0. The molecule has 79 heavy (non-hydrogen) atoms. The van der Waals surface area contributed by atoms with Crippen LogP contribution in [-0.2, 0) is 40.5 Å². The van der Waals surface area contributed by atoms with Gasteiger partial charge in [0.1, 0.15) is 17.2 Å². The second-order valence-corrected chi connectivity index (χ2v) is 23.3. The molecule has 19 heteroatoms. The summed E-state index contributed by atoms with van der Waals surface area (Å²) < 4.78 is 60.4. The number of para-hydroxylation sites is 1. The summed E-state index contributed by atoms with van der Waals surface area (Å²) in [5.74, 6) is -1.14. The number of ether oxygens (including phenoxy) is 2. The third kappa shape index (κ3) is 11.8. The van der Waals surface area contributed by atoms with E-state index < -0.39 is 29.2 Å². The molecule has 412 valence electrons. The van der Waals surface area contributed by atoms with Crippen molar-refractivity contribution >= 4 is 72.8 Å². The van der Waals surface area contributed by atoms with Crippen molar-refractivity contribution in [1.82, 2.24) is 30.0 Å². The summed E-state index contributed by atoms with van der Waals surface area (Å²) in [7, 11) is 1.89. The van der Waals surface area contributed by atoms with Crippen LogP contribution in [-0.4, -0.2) is 99.3 Å². The number of pyridine rings is 1. The number of halogens is 3. The molecule has 3 aromatic heterocycles. The minimum Gasteiger partial charge on any atom is -0.490 e. The van der Waals surface area contributed by atoms with Gasteiger partial charge in [0.25, 0.3) is 5.91 Å². The molecule has 0 bridgehead atoms. The predicted molar refractivity (Wildman–Crippen MR) is 299 cm³/mol. The molecule has 2 N–H and O–H groups in total. The summed E-state index contributed by atoms with van der Waals surface area (Å²) in [5.41, 5.74) is 3.44. The fourth-order valence-electron chi connectivity index (χ4n) is 11.7. The molecular formula is C60H64F3N9O6S. The molecule has 1 aliphatic carbocycles. The Balaban J connectivity index is 0.705. The van der Waals surface area contributed by atoms with E-state index in [4.69, 9.17) is 19.6 Å². The Labute approximate surface area is 460 Å². The number of amides is 3. The monoisotopic (exact) mass is 1100 g/mol. The number of benzene rings is 4. The number of nitrogens with one attached hydrogen (secondary N) is 2. The molecule has 1 unspecified atom stereocenters. The summed E-state index contributed by atoms with van der Waals surface area (Å²) in [6.07, 6.45) is 1.81. The third-order valence-corrected chi connectivity index (χ3v) is 16.7. The number of fused-ring (bicyclic) bond motifs is 3. The van der Waals surface area contributed by atoms with E-state index in [9.17, 15) is 19.2 Å². The Morgan fingerprint density at radius 2 is 1.61 bits per heavy atom. The van der Waals surface area contributed by atoms with Crippen LogP contribution in [0.2, 0.25) is 0 Å².